The summed E-state index contributed by atoms with van der Waals surface area (Å²) >= 11 is 0. The van der Waals surface area contributed by atoms with Gasteiger partial charge in [-0.15, -0.1) is 0 Å². The van der Waals surface area contributed by atoms with E-state index in [9.17, 15) is 0 Å². The third kappa shape index (κ3) is 1.96. The molecule has 88 valence electrons. The summed E-state index contributed by atoms with van der Waals surface area (Å²) in [6, 6.07) is 18.4. The fourth-order valence-corrected chi connectivity index (χ4v) is 2.23. The van der Waals surface area contributed by atoms with Crippen LogP contribution >= 0.6 is 0 Å². The Morgan fingerprint density at radius 3 is 2.78 bits per heavy atom. The molecule has 2 aromatic carbocycles. The van der Waals surface area contributed by atoms with Gasteiger partial charge in [-0.2, -0.15) is 5.26 Å². The lowest BCUT2D eigenvalue weighted by molar-refractivity contribution is 0.305. The molecule has 0 radical (unpaired) electrons. The van der Waals surface area contributed by atoms with Crippen molar-refractivity contribution in [1.29, 1.82) is 5.26 Å². The van der Waals surface area contributed by atoms with Gasteiger partial charge in [-0.1, -0.05) is 36.4 Å². The molecule has 2 heteroatoms. The largest absolute Gasteiger partial charge is 0.489 e. The van der Waals surface area contributed by atoms with Crippen molar-refractivity contribution in [3.63, 3.8) is 0 Å². The summed E-state index contributed by atoms with van der Waals surface area (Å²) < 4.78 is 5.75. The van der Waals surface area contributed by atoms with Crippen LogP contribution in [0.2, 0.25) is 0 Å². The van der Waals surface area contributed by atoms with Crippen LogP contribution in [0.3, 0.4) is 0 Å². The van der Waals surface area contributed by atoms with Crippen molar-refractivity contribution in [2.45, 2.75) is 18.9 Å². The van der Waals surface area contributed by atoms with Crippen molar-refractivity contribution in [1.82, 2.24) is 0 Å². The van der Waals surface area contributed by atoms with Crippen molar-refractivity contribution in [2.75, 3.05) is 0 Å². The van der Waals surface area contributed by atoms with Crippen molar-refractivity contribution in [3.05, 3.63) is 65.2 Å². The molecule has 0 amide bonds. The number of nitrogens with zero attached hydrogens (tertiary/aromatic N) is 1. The van der Waals surface area contributed by atoms with Crippen LogP contribution in [0, 0.1) is 11.3 Å². The van der Waals surface area contributed by atoms with Crippen LogP contribution in [0.4, 0.5) is 0 Å². The lowest BCUT2D eigenvalue weighted by Gasteiger charge is -2.25. The van der Waals surface area contributed by atoms with E-state index in [1.165, 1.54) is 5.56 Å². The van der Waals surface area contributed by atoms with E-state index < -0.39 is 0 Å². The highest BCUT2D eigenvalue weighted by molar-refractivity contribution is 5.48. The molecule has 1 aliphatic rings. The molecule has 0 spiro atoms. The van der Waals surface area contributed by atoms with Crippen LogP contribution in [0.15, 0.2) is 48.5 Å². The first kappa shape index (κ1) is 10.9. The Morgan fingerprint density at radius 1 is 1.17 bits per heavy atom. The maximum atomic E-state index is 8.94. The fraction of sp³-hybridized carbons (Fsp3) is 0.188. The van der Waals surface area contributed by atoms with Crippen molar-refractivity contribution in [2.24, 2.45) is 0 Å². The van der Waals surface area contributed by atoms with Crippen LogP contribution in [0.5, 0.6) is 5.75 Å². The van der Waals surface area contributed by atoms with Crippen molar-refractivity contribution in [3.8, 4) is 11.8 Å². The molecule has 0 saturated carbocycles. The number of hydrogen-bond acceptors (Lipinski definition) is 2. The van der Waals surface area contributed by atoms with E-state index in [1.807, 2.05) is 42.5 Å². The first-order valence-corrected chi connectivity index (χ1v) is 6.06. The molecule has 0 saturated heterocycles. The second kappa shape index (κ2) is 4.54. The zero-order valence-corrected chi connectivity index (χ0v) is 9.97. The minimum absolute atomic E-state index is 0.0558. The molecule has 0 aromatic heterocycles. The summed E-state index contributed by atoms with van der Waals surface area (Å²) in [7, 11) is 0. The van der Waals surface area contributed by atoms with E-state index in [2.05, 4.69) is 12.1 Å². The van der Waals surface area contributed by atoms with Crippen LogP contribution < -0.4 is 4.74 Å². The van der Waals surface area contributed by atoms with Gasteiger partial charge in [-0.05, 0) is 35.2 Å². The van der Waals surface area contributed by atoms with Gasteiger partial charge in [0.15, 0.2) is 0 Å². The highest BCUT2D eigenvalue weighted by Crippen LogP contribution is 2.36. The first-order valence-electron chi connectivity index (χ1n) is 6.06. The summed E-state index contributed by atoms with van der Waals surface area (Å²) in [5.74, 6) is 0.901. The second-order valence-electron chi connectivity index (χ2n) is 4.52. The summed E-state index contributed by atoms with van der Waals surface area (Å²) in [5, 5.41) is 8.94. The number of nitriles is 1. The van der Waals surface area contributed by atoms with Crippen LogP contribution in [0.25, 0.3) is 0 Å². The molecule has 0 heterocycles. The Labute approximate surface area is 106 Å². The first-order chi connectivity index (χ1) is 8.86. The van der Waals surface area contributed by atoms with Crippen LogP contribution in [-0.2, 0) is 13.0 Å². The number of fused-ring (bicyclic) bond motifs is 1. The quantitative estimate of drug-likeness (QED) is 0.816. The molecule has 0 bridgehead atoms. The van der Waals surface area contributed by atoms with Gasteiger partial charge in [0.05, 0.1) is 12.0 Å². The minimum Gasteiger partial charge on any atom is -0.489 e. The van der Waals surface area contributed by atoms with Gasteiger partial charge in [0.2, 0.25) is 0 Å². The van der Waals surface area contributed by atoms with Crippen LogP contribution in [0.1, 0.15) is 22.6 Å². The predicted octanol–water partition coefficient (Wildman–Crippen LogP) is 3.43. The van der Waals surface area contributed by atoms with Gasteiger partial charge in [-0.3, -0.25) is 0 Å². The average Bonchev–Trinajstić information content (AvgIpc) is 2.40. The summed E-state index contributed by atoms with van der Waals surface area (Å²) in [6.07, 6.45) is 0.880. The van der Waals surface area contributed by atoms with E-state index in [1.54, 1.807) is 0 Å². The topological polar surface area (TPSA) is 33.0 Å². The molecule has 18 heavy (non-hydrogen) atoms. The Balaban J connectivity index is 1.71. The summed E-state index contributed by atoms with van der Waals surface area (Å²) in [4.78, 5) is 0. The lowest BCUT2D eigenvalue weighted by atomic mass is 9.78. The van der Waals surface area contributed by atoms with E-state index in [-0.39, 0.29) is 5.92 Å². The molecule has 1 unspecified atom stereocenters. The Morgan fingerprint density at radius 2 is 2.00 bits per heavy atom. The molecule has 2 nitrogen and oxygen atoms in total. The maximum Gasteiger partial charge on any atom is 0.120 e. The summed E-state index contributed by atoms with van der Waals surface area (Å²) in [5.41, 5.74) is 3.55. The maximum absolute atomic E-state index is 8.94. The van der Waals surface area contributed by atoms with Gasteiger partial charge in [0, 0.05) is 0 Å². The van der Waals surface area contributed by atoms with Gasteiger partial charge in [0.1, 0.15) is 12.4 Å². The number of benzene rings is 2. The third-order valence-electron chi connectivity index (χ3n) is 3.32. The van der Waals surface area contributed by atoms with Gasteiger partial charge in [0.25, 0.3) is 0 Å². The van der Waals surface area contributed by atoms with Gasteiger partial charge < -0.3 is 4.74 Å². The van der Waals surface area contributed by atoms with E-state index in [4.69, 9.17) is 10.00 Å². The highest BCUT2D eigenvalue weighted by atomic mass is 16.5. The van der Waals surface area contributed by atoms with Crippen molar-refractivity contribution >= 4 is 0 Å². The fourth-order valence-electron chi connectivity index (χ4n) is 2.23. The molecule has 0 N–H and O–H groups in total. The number of hydrogen-bond donors (Lipinski definition) is 0. The molecular formula is C16H13NO. The van der Waals surface area contributed by atoms with E-state index in [0.717, 1.165) is 23.3 Å². The normalized spacial score (nSPS) is 16.3. The molecule has 2 aromatic rings. The van der Waals surface area contributed by atoms with E-state index >= 15 is 0 Å². The Hall–Kier alpha value is -2.27. The minimum atomic E-state index is 0.0558. The van der Waals surface area contributed by atoms with Crippen molar-refractivity contribution < 1.29 is 4.74 Å². The molecule has 1 aliphatic carbocycles. The second-order valence-corrected chi connectivity index (χ2v) is 4.52. The monoisotopic (exact) mass is 235 g/mol. The Bertz CT molecular complexity index is 598. The van der Waals surface area contributed by atoms with Gasteiger partial charge in [-0.25, -0.2) is 0 Å². The third-order valence-corrected chi connectivity index (χ3v) is 3.32. The zero-order chi connectivity index (χ0) is 12.4. The zero-order valence-electron chi connectivity index (χ0n) is 9.97. The molecular weight excluding hydrogens is 222 g/mol. The number of ether oxygens (including phenoxy) is 1. The summed E-state index contributed by atoms with van der Waals surface area (Å²) in [6.45, 7) is 0.566. The number of rotatable bonds is 3. The van der Waals surface area contributed by atoms with Gasteiger partial charge >= 0.3 is 0 Å². The Kier molecular flexibility index (Phi) is 2.74. The smallest absolute Gasteiger partial charge is 0.120 e. The van der Waals surface area contributed by atoms with E-state index in [0.29, 0.717) is 6.61 Å². The highest BCUT2D eigenvalue weighted by Gasteiger charge is 2.26. The molecule has 3 rings (SSSR count). The molecule has 0 aliphatic heterocycles. The SMILES string of the molecule is N#CC1Cc2ccc(OCc3ccccc3)cc21. The predicted molar refractivity (Wildman–Crippen MR) is 69.3 cm³/mol. The lowest BCUT2D eigenvalue weighted by Crippen LogP contribution is -2.15. The van der Waals surface area contributed by atoms with Crippen LogP contribution in [-0.4, -0.2) is 0 Å². The standard InChI is InChI=1S/C16H13NO/c17-10-14-8-13-6-7-15(9-16(13)14)18-11-12-4-2-1-3-5-12/h1-7,9,14H,8,11H2. The average molecular weight is 235 g/mol. The molecule has 0 fully saturated rings. The molecule has 1 atom stereocenters.